The van der Waals surface area contributed by atoms with E-state index in [-0.39, 0.29) is 18.4 Å². The number of fused-ring (bicyclic) bond motifs is 1. The van der Waals surface area contributed by atoms with E-state index in [2.05, 4.69) is 5.32 Å². The highest BCUT2D eigenvalue weighted by Gasteiger charge is 2.43. The van der Waals surface area contributed by atoms with Gasteiger partial charge in [0.05, 0.1) is 25.0 Å². The molecular weight excluding hydrogens is 378 g/mol. The van der Waals surface area contributed by atoms with Crippen LogP contribution in [0.3, 0.4) is 0 Å². The molecule has 2 aromatic carbocycles. The number of likely N-dealkylation sites (N-methyl/N-ethyl adjacent to an activating group) is 1. The summed E-state index contributed by atoms with van der Waals surface area (Å²) in [5.74, 6) is 0.348. The maximum Gasteiger partial charge on any atom is 0.250 e. The predicted octanol–water partition coefficient (Wildman–Crippen LogP) is 3.54. The molecule has 0 radical (unpaired) electrons. The normalized spacial score (nSPS) is 15.2. The molecule has 1 N–H and O–H groups in total. The maximum absolute atomic E-state index is 13.2. The lowest BCUT2D eigenvalue weighted by Gasteiger charge is -2.42. The minimum Gasteiger partial charge on any atom is -0.496 e. The van der Waals surface area contributed by atoms with Gasteiger partial charge in [0.15, 0.2) is 0 Å². The first-order valence-corrected chi connectivity index (χ1v) is 9.36. The molecule has 0 atom stereocenters. The molecule has 1 aliphatic rings. The van der Waals surface area contributed by atoms with E-state index in [9.17, 15) is 9.59 Å². The maximum atomic E-state index is 13.2. The molecule has 0 fully saturated rings. The Morgan fingerprint density at radius 1 is 1.25 bits per heavy atom. The van der Waals surface area contributed by atoms with Crippen LogP contribution in [0.15, 0.2) is 42.5 Å². The van der Waals surface area contributed by atoms with Crippen molar-refractivity contribution in [3.8, 4) is 5.75 Å². The van der Waals surface area contributed by atoms with Crippen LogP contribution in [0.5, 0.6) is 5.75 Å². The highest BCUT2D eigenvalue weighted by molar-refractivity contribution is 6.30. The molecule has 1 heterocycles. The van der Waals surface area contributed by atoms with Crippen LogP contribution in [0.1, 0.15) is 19.4 Å². The Hall–Kier alpha value is -2.57. The first kappa shape index (κ1) is 20.2. The molecule has 0 spiro atoms. The third-order valence-corrected chi connectivity index (χ3v) is 5.08. The average Bonchev–Trinajstić information content (AvgIpc) is 2.62. The van der Waals surface area contributed by atoms with Gasteiger partial charge in [0.25, 0.3) is 0 Å². The van der Waals surface area contributed by atoms with Crippen molar-refractivity contribution in [3.05, 3.63) is 53.1 Å². The predicted molar refractivity (Wildman–Crippen MR) is 111 cm³/mol. The Labute approximate surface area is 170 Å². The van der Waals surface area contributed by atoms with Gasteiger partial charge >= 0.3 is 0 Å². The van der Waals surface area contributed by atoms with Crippen LogP contribution in [-0.4, -0.2) is 43.0 Å². The molecule has 3 rings (SSSR count). The Morgan fingerprint density at radius 2 is 1.96 bits per heavy atom. The number of amides is 2. The third kappa shape index (κ3) is 3.84. The van der Waals surface area contributed by atoms with Crippen molar-refractivity contribution in [2.45, 2.75) is 25.9 Å². The summed E-state index contributed by atoms with van der Waals surface area (Å²) in [7, 11) is 3.45. The highest BCUT2D eigenvalue weighted by Crippen LogP contribution is 2.36. The first-order chi connectivity index (χ1) is 13.2. The van der Waals surface area contributed by atoms with Crippen LogP contribution >= 0.6 is 11.6 Å². The fraction of sp³-hybridized carbons (Fsp3) is 0.333. The zero-order valence-corrected chi connectivity index (χ0v) is 17.2. The van der Waals surface area contributed by atoms with E-state index in [0.717, 1.165) is 5.56 Å². The van der Waals surface area contributed by atoms with Gasteiger partial charge in [-0.3, -0.25) is 19.4 Å². The minimum absolute atomic E-state index is 0.140. The standard InChI is InChI=1S/C21H24ClN3O3/c1-21(2)20(27)23-16-7-5-6-8-17(16)25(21)19(26)13-24(3)12-14-11-15(22)9-10-18(14)28-4/h5-11H,12-13H2,1-4H3,(H,23,27). The monoisotopic (exact) mass is 401 g/mol. The Balaban J connectivity index is 1.82. The number of para-hydroxylation sites is 2. The second kappa shape index (κ2) is 7.81. The third-order valence-electron chi connectivity index (χ3n) is 4.85. The summed E-state index contributed by atoms with van der Waals surface area (Å²) in [6, 6.07) is 12.7. The summed E-state index contributed by atoms with van der Waals surface area (Å²) < 4.78 is 5.38. The molecule has 0 aromatic heterocycles. The minimum atomic E-state index is -0.986. The number of hydrogen-bond donors (Lipinski definition) is 1. The van der Waals surface area contributed by atoms with Gasteiger partial charge in [0, 0.05) is 17.1 Å². The zero-order chi connectivity index (χ0) is 20.5. The van der Waals surface area contributed by atoms with Gasteiger partial charge < -0.3 is 10.1 Å². The lowest BCUT2D eigenvalue weighted by Crippen LogP contribution is -2.60. The molecule has 0 aliphatic carbocycles. The number of methoxy groups -OCH3 is 1. The number of carbonyl (C=O) groups excluding carboxylic acids is 2. The van der Waals surface area contributed by atoms with Gasteiger partial charge in [-0.05, 0) is 51.2 Å². The number of anilines is 2. The van der Waals surface area contributed by atoms with Crippen LogP contribution in [0.4, 0.5) is 11.4 Å². The van der Waals surface area contributed by atoms with Crippen molar-refractivity contribution in [2.75, 3.05) is 30.9 Å². The van der Waals surface area contributed by atoms with E-state index in [1.54, 1.807) is 38.0 Å². The molecule has 6 nitrogen and oxygen atoms in total. The molecule has 0 saturated carbocycles. The number of nitrogens with zero attached hydrogens (tertiary/aromatic N) is 2. The second-order valence-corrected chi connectivity index (χ2v) is 7.82. The van der Waals surface area contributed by atoms with Crippen molar-refractivity contribution in [2.24, 2.45) is 0 Å². The lowest BCUT2D eigenvalue weighted by molar-refractivity contribution is -0.127. The van der Waals surface area contributed by atoms with E-state index in [1.165, 1.54) is 0 Å². The van der Waals surface area contributed by atoms with Gasteiger partial charge in [-0.2, -0.15) is 0 Å². The largest absolute Gasteiger partial charge is 0.496 e. The first-order valence-electron chi connectivity index (χ1n) is 8.98. The topological polar surface area (TPSA) is 61.9 Å². The van der Waals surface area contributed by atoms with Crippen molar-refractivity contribution in [1.29, 1.82) is 0 Å². The number of benzene rings is 2. The number of carbonyl (C=O) groups is 2. The second-order valence-electron chi connectivity index (χ2n) is 7.39. The van der Waals surface area contributed by atoms with Crippen molar-refractivity contribution in [1.82, 2.24) is 4.90 Å². The fourth-order valence-corrected chi connectivity index (χ4v) is 3.61. The van der Waals surface area contributed by atoms with Gasteiger partial charge in [-0.15, -0.1) is 0 Å². The fourth-order valence-electron chi connectivity index (χ4n) is 3.42. The quantitative estimate of drug-likeness (QED) is 0.832. The van der Waals surface area contributed by atoms with Crippen LogP contribution in [0.2, 0.25) is 5.02 Å². The van der Waals surface area contributed by atoms with E-state index >= 15 is 0 Å². The van der Waals surface area contributed by atoms with E-state index in [1.807, 2.05) is 42.3 Å². The van der Waals surface area contributed by atoms with Crippen LogP contribution in [0, 0.1) is 0 Å². The number of halogens is 1. The van der Waals surface area contributed by atoms with Crippen LogP contribution in [0.25, 0.3) is 0 Å². The van der Waals surface area contributed by atoms with Crippen LogP contribution in [-0.2, 0) is 16.1 Å². The van der Waals surface area contributed by atoms with Gasteiger partial charge in [-0.1, -0.05) is 23.7 Å². The van der Waals surface area contributed by atoms with E-state index in [4.69, 9.17) is 16.3 Å². The SMILES string of the molecule is COc1ccc(Cl)cc1CN(C)CC(=O)N1c2ccccc2NC(=O)C1(C)C. The zero-order valence-electron chi connectivity index (χ0n) is 16.5. The van der Waals surface area contributed by atoms with E-state index in [0.29, 0.717) is 28.7 Å². The number of ether oxygens (including phenoxy) is 1. The molecular formula is C21H24ClN3O3. The summed E-state index contributed by atoms with van der Waals surface area (Å²) in [6.45, 7) is 4.12. The highest BCUT2D eigenvalue weighted by atomic mass is 35.5. The van der Waals surface area contributed by atoms with Gasteiger partial charge in [0.2, 0.25) is 11.8 Å². The summed E-state index contributed by atoms with van der Waals surface area (Å²) >= 11 is 6.10. The van der Waals surface area contributed by atoms with E-state index < -0.39 is 5.54 Å². The Kier molecular flexibility index (Phi) is 5.63. The molecule has 0 bridgehead atoms. The average molecular weight is 402 g/mol. The van der Waals surface area contributed by atoms with Gasteiger partial charge in [0.1, 0.15) is 11.3 Å². The Morgan fingerprint density at radius 3 is 2.68 bits per heavy atom. The molecule has 7 heteroatoms. The van der Waals surface area contributed by atoms with Crippen molar-refractivity contribution >= 4 is 34.8 Å². The molecule has 1 aliphatic heterocycles. The molecule has 0 saturated heterocycles. The molecule has 0 unspecified atom stereocenters. The van der Waals surface area contributed by atoms with Crippen LogP contribution < -0.4 is 15.0 Å². The number of hydrogen-bond acceptors (Lipinski definition) is 4. The summed E-state index contributed by atoms with van der Waals surface area (Å²) in [4.78, 5) is 29.2. The smallest absolute Gasteiger partial charge is 0.250 e. The number of rotatable bonds is 5. The summed E-state index contributed by atoms with van der Waals surface area (Å²) in [6.07, 6.45) is 0. The number of nitrogens with one attached hydrogen (secondary N) is 1. The summed E-state index contributed by atoms with van der Waals surface area (Å²) in [5, 5.41) is 3.48. The molecule has 28 heavy (non-hydrogen) atoms. The molecule has 148 valence electrons. The van der Waals surface area contributed by atoms with Gasteiger partial charge in [-0.25, -0.2) is 0 Å². The van der Waals surface area contributed by atoms with Crippen molar-refractivity contribution < 1.29 is 14.3 Å². The molecule has 2 amide bonds. The Bertz CT molecular complexity index is 914. The van der Waals surface area contributed by atoms with Crippen molar-refractivity contribution in [3.63, 3.8) is 0 Å². The molecule has 2 aromatic rings. The summed E-state index contributed by atoms with van der Waals surface area (Å²) in [5.41, 5.74) is 1.24. The lowest BCUT2D eigenvalue weighted by atomic mass is 9.96.